The second kappa shape index (κ2) is 8.80. The number of rotatable bonds is 7. The zero-order chi connectivity index (χ0) is 25.9. The molecule has 6 rings (SSSR count). The van der Waals surface area contributed by atoms with Gasteiger partial charge in [0.2, 0.25) is 11.8 Å². The number of hydrogen-bond donors (Lipinski definition) is 1. The van der Waals surface area contributed by atoms with E-state index in [0.29, 0.717) is 29.8 Å². The van der Waals surface area contributed by atoms with E-state index in [2.05, 4.69) is 25.7 Å². The van der Waals surface area contributed by atoms with Crippen molar-refractivity contribution in [1.29, 1.82) is 0 Å². The van der Waals surface area contributed by atoms with Gasteiger partial charge in [0.1, 0.15) is 23.2 Å². The molecule has 1 N–H and O–H groups in total. The fourth-order valence-electron chi connectivity index (χ4n) is 4.83. The van der Waals surface area contributed by atoms with Gasteiger partial charge in [-0.2, -0.15) is 4.98 Å². The fourth-order valence-corrected chi connectivity index (χ4v) is 4.83. The number of ether oxygens (including phenoxy) is 2. The molecule has 0 spiro atoms. The van der Waals surface area contributed by atoms with Gasteiger partial charge in [-0.05, 0) is 24.6 Å². The number of methoxy groups -OCH3 is 1. The van der Waals surface area contributed by atoms with Crippen molar-refractivity contribution in [3.05, 3.63) is 30.2 Å². The van der Waals surface area contributed by atoms with Crippen LogP contribution >= 0.6 is 0 Å². The average molecular weight is 520 g/mol. The summed E-state index contributed by atoms with van der Waals surface area (Å²) in [5, 5.41) is 15.0. The Bertz CT molecular complexity index is 1470. The summed E-state index contributed by atoms with van der Waals surface area (Å²) in [5.74, 6) is -3.75. The smallest absolute Gasteiger partial charge is 0.281 e. The highest BCUT2D eigenvalue weighted by atomic mass is 19.3. The third-order valence-corrected chi connectivity index (χ3v) is 6.75. The number of halogens is 4. The molecule has 0 bridgehead atoms. The van der Waals surface area contributed by atoms with E-state index in [4.69, 9.17) is 9.47 Å². The minimum absolute atomic E-state index is 0.00257. The molecule has 2 saturated heterocycles. The molecule has 0 saturated carbocycles. The Kier molecular flexibility index (Phi) is 5.67. The molecule has 14 heteroatoms. The van der Waals surface area contributed by atoms with Gasteiger partial charge in [0.05, 0.1) is 56.7 Å². The standard InChI is InChI=1S/C23H24F4N8O2/c1-12(24)6-34-17-5-13(3-4-16(17)30-32-34)19-15(25)7-35-20(19)21(36-2)29-22(31-35)28-18-8-33(11-23(18,26)27)14-9-37-10-14/h3-5,7,12,14,18H,6,8-11H2,1-2H3,(H,28,31)/t12-,18+/m0/s1. The topological polar surface area (TPSA) is 94.6 Å². The van der Waals surface area contributed by atoms with Crippen LogP contribution in [0.15, 0.2) is 24.4 Å². The van der Waals surface area contributed by atoms with E-state index in [9.17, 15) is 13.2 Å². The molecule has 196 valence electrons. The van der Waals surface area contributed by atoms with E-state index in [-0.39, 0.29) is 42.0 Å². The third-order valence-electron chi connectivity index (χ3n) is 6.75. The number of nitrogens with one attached hydrogen (secondary N) is 1. The summed E-state index contributed by atoms with van der Waals surface area (Å²) in [6.45, 7) is 1.97. The summed E-state index contributed by atoms with van der Waals surface area (Å²) < 4.78 is 71.5. The molecule has 37 heavy (non-hydrogen) atoms. The van der Waals surface area contributed by atoms with Crippen LogP contribution in [0, 0.1) is 5.82 Å². The van der Waals surface area contributed by atoms with Crippen molar-refractivity contribution in [2.75, 3.05) is 38.7 Å². The Balaban J connectivity index is 1.36. The van der Waals surface area contributed by atoms with E-state index in [0.717, 1.165) is 6.20 Å². The monoisotopic (exact) mass is 520 g/mol. The van der Waals surface area contributed by atoms with E-state index < -0.39 is 30.5 Å². The van der Waals surface area contributed by atoms with Gasteiger partial charge >= 0.3 is 0 Å². The molecular weight excluding hydrogens is 496 g/mol. The lowest BCUT2D eigenvalue weighted by molar-refractivity contribution is -0.0711. The minimum atomic E-state index is -3.02. The Labute approximate surface area is 208 Å². The lowest BCUT2D eigenvalue weighted by Gasteiger charge is -2.34. The van der Waals surface area contributed by atoms with Gasteiger partial charge in [0.25, 0.3) is 5.92 Å². The molecule has 2 aliphatic heterocycles. The van der Waals surface area contributed by atoms with Crippen LogP contribution in [0.1, 0.15) is 6.92 Å². The number of nitrogens with zero attached hydrogens (tertiary/aromatic N) is 7. The highest BCUT2D eigenvalue weighted by Crippen LogP contribution is 2.36. The average Bonchev–Trinajstić information content (AvgIpc) is 3.44. The van der Waals surface area contributed by atoms with Crippen LogP contribution in [0.25, 0.3) is 27.7 Å². The van der Waals surface area contributed by atoms with Gasteiger partial charge in [-0.25, -0.2) is 26.8 Å². The van der Waals surface area contributed by atoms with E-state index in [1.807, 2.05) is 0 Å². The molecule has 2 fully saturated rings. The number of fused-ring (bicyclic) bond motifs is 2. The van der Waals surface area contributed by atoms with Crippen LogP contribution in [-0.4, -0.2) is 92.1 Å². The maximum absolute atomic E-state index is 15.3. The lowest BCUT2D eigenvalue weighted by Crippen LogP contribution is -2.48. The molecule has 1 aromatic carbocycles. The number of anilines is 1. The van der Waals surface area contributed by atoms with Gasteiger partial charge in [-0.15, -0.1) is 10.2 Å². The molecule has 3 aromatic heterocycles. The van der Waals surface area contributed by atoms with Gasteiger partial charge in [-0.3, -0.25) is 4.90 Å². The molecule has 0 amide bonds. The number of hydrogen-bond acceptors (Lipinski definition) is 8. The third kappa shape index (κ3) is 4.13. The van der Waals surface area contributed by atoms with Crippen LogP contribution in [-0.2, 0) is 11.3 Å². The first-order chi connectivity index (χ1) is 17.7. The van der Waals surface area contributed by atoms with Crippen molar-refractivity contribution in [3.63, 3.8) is 0 Å². The maximum atomic E-state index is 15.3. The number of benzene rings is 1. The Morgan fingerprint density at radius 3 is 2.81 bits per heavy atom. The summed E-state index contributed by atoms with van der Waals surface area (Å²) in [6.07, 6.45) is -0.0183. The summed E-state index contributed by atoms with van der Waals surface area (Å²) in [6, 6.07) is 3.70. The van der Waals surface area contributed by atoms with E-state index >= 15 is 4.39 Å². The molecule has 2 atom stereocenters. The molecule has 0 unspecified atom stereocenters. The van der Waals surface area contributed by atoms with Crippen molar-refractivity contribution >= 4 is 22.5 Å². The van der Waals surface area contributed by atoms with Gasteiger partial charge in [-0.1, -0.05) is 11.3 Å². The lowest BCUT2D eigenvalue weighted by atomic mass is 10.1. The predicted octanol–water partition coefficient (Wildman–Crippen LogP) is 2.78. The summed E-state index contributed by atoms with van der Waals surface area (Å²) >= 11 is 0. The number of likely N-dealkylation sites (tertiary alicyclic amines) is 1. The molecule has 0 aliphatic carbocycles. The number of aromatic nitrogens is 6. The van der Waals surface area contributed by atoms with Crippen LogP contribution in [0.5, 0.6) is 5.88 Å². The van der Waals surface area contributed by atoms with Crippen molar-refractivity contribution in [1.82, 2.24) is 34.5 Å². The fraction of sp³-hybridized carbons (Fsp3) is 0.478. The van der Waals surface area contributed by atoms with Gasteiger partial charge in [0.15, 0.2) is 5.82 Å². The SMILES string of the molecule is COc1nc(N[C@@H]2CN(C3COC3)CC2(F)F)nn2cc(F)c(-c3ccc4nnn(C[C@H](C)F)c4c3)c12. The van der Waals surface area contributed by atoms with Crippen molar-refractivity contribution in [3.8, 4) is 17.0 Å². The van der Waals surface area contributed by atoms with Crippen molar-refractivity contribution in [2.24, 2.45) is 0 Å². The second-order valence-electron chi connectivity index (χ2n) is 9.42. The second-order valence-corrected chi connectivity index (χ2v) is 9.42. The predicted molar refractivity (Wildman–Crippen MR) is 125 cm³/mol. The van der Waals surface area contributed by atoms with Gasteiger partial charge in [0, 0.05) is 6.54 Å². The van der Waals surface area contributed by atoms with Crippen LogP contribution < -0.4 is 10.1 Å². The Morgan fingerprint density at radius 1 is 1.30 bits per heavy atom. The minimum Gasteiger partial charge on any atom is -0.479 e. The molecule has 4 aromatic rings. The molecular formula is C23H24F4N8O2. The Morgan fingerprint density at radius 2 is 2.11 bits per heavy atom. The highest BCUT2D eigenvalue weighted by molar-refractivity contribution is 5.89. The van der Waals surface area contributed by atoms with E-state index in [1.54, 1.807) is 23.1 Å². The molecule has 10 nitrogen and oxygen atoms in total. The maximum Gasteiger partial charge on any atom is 0.281 e. The Hall–Kier alpha value is -3.52. The first-order valence-corrected chi connectivity index (χ1v) is 11.8. The normalized spacial score (nSPS) is 21.0. The van der Waals surface area contributed by atoms with Crippen LogP contribution in [0.2, 0.25) is 0 Å². The molecule has 0 radical (unpaired) electrons. The van der Waals surface area contributed by atoms with Crippen molar-refractivity contribution < 1.29 is 27.0 Å². The van der Waals surface area contributed by atoms with Crippen LogP contribution in [0.3, 0.4) is 0 Å². The zero-order valence-corrected chi connectivity index (χ0v) is 20.0. The van der Waals surface area contributed by atoms with Crippen molar-refractivity contribution in [2.45, 2.75) is 37.6 Å². The largest absolute Gasteiger partial charge is 0.479 e. The van der Waals surface area contributed by atoms with Gasteiger partial charge < -0.3 is 14.8 Å². The summed E-state index contributed by atoms with van der Waals surface area (Å²) in [4.78, 5) is 5.96. The first kappa shape index (κ1) is 23.9. The van der Waals surface area contributed by atoms with E-state index in [1.165, 1.54) is 23.2 Å². The summed E-state index contributed by atoms with van der Waals surface area (Å²) in [7, 11) is 1.36. The highest BCUT2D eigenvalue weighted by Gasteiger charge is 2.51. The number of alkyl halides is 3. The molecule has 2 aliphatic rings. The quantitative estimate of drug-likeness (QED) is 0.372. The zero-order valence-electron chi connectivity index (χ0n) is 20.0. The molecule has 5 heterocycles. The first-order valence-electron chi connectivity index (χ1n) is 11.8. The summed E-state index contributed by atoms with van der Waals surface area (Å²) in [5.41, 5.74) is 1.88. The van der Waals surface area contributed by atoms with Crippen LogP contribution in [0.4, 0.5) is 23.5 Å².